The quantitative estimate of drug-likeness (QED) is 0.746. The molecule has 0 saturated carbocycles. The summed E-state index contributed by atoms with van der Waals surface area (Å²) in [7, 11) is 0. The van der Waals surface area contributed by atoms with Crippen LogP contribution in [0.3, 0.4) is 0 Å². The number of hydrogen-bond donors (Lipinski definition) is 0. The summed E-state index contributed by atoms with van der Waals surface area (Å²) in [5.41, 5.74) is 0.102. The van der Waals surface area contributed by atoms with E-state index in [-0.39, 0.29) is 17.4 Å². The van der Waals surface area contributed by atoms with Gasteiger partial charge in [-0.05, 0) is 26.3 Å². The lowest BCUT2D eigenvalue weighted by Gasteiger charge is -2.10. The predicted molar refractivity (Wildman–Crippen MR) is 63.8 cm³/mol. The summed E-state index contributed by atoms with van der Waals surface area (Å²) in [5, 5.41) is 0. The number of hydrogen-bond acceptors (Lipinski definition) is 6. The van der Waals surface area contributed by atoms with E-state index in [2.05, 4.69) is 0 Å². The molecule has 0 aliphatic carbocycles. The molecule has 0 unspecified atom stereocenters. The van der Waals surface area contributed by atoms with Crippen molar-refractivity contribution >= 4 is 11.9 Å². The normalized spacial score (nSPS) is 22.2. The van der Waals surface area contributed by atoms with Crippen molar-refractivity contribution in [2.45, 2.75) is 39.4 Å². The molecule has 0 radical (unpaired) electrons. The molecule has 1 aliphatic heterocycles. The Bertz CT molecular complexity index is 559. The first kappa shape index (κ1) is 13.3. The van der Waals surface area contributed by atoms with Crippen LogP contribution in [0.1, 0.15) is 35.0 Å². The summed E-state index contributed by atoms with van der Waals surface area (Å²) in [6, 6.07) is 1.21. The van der Waals surface area contributed by atoms with E-state index < -0.39 is 23.7 Å². The van der Waals surface area contributed by atoms with Crippen LogP contribution in [0.25, 0.3) is 0 Å². The number of ether oxygens (including phenoxy) is 2. The summed E-state index contributed by atoms with van der Waals surface area (Å²) in [4.78, 5) is 34.5. The van der Waals surface area contributed by atoms with Crippen molar-refractivity contribution < 1.29 is 23.5 Å². The maximum absolute atomic E-state index is 12.0. The van der Waals surface area contributed by atoms with Crippen LogP contribution < -0.4 is 5.63 Å². The average Bonchev–Trinajstić information content (AvgIpc) is 2.55. The van der Waals surface area contributed by atoms with E-state index in [4.69, 9.17) is 13.9 Å². The third-order valence-electron chi connectivity index (χ3n) is 2.91. The van der Waals surface area contributed by atoms with Crippen molar-refractivity contribution in [2.24, 2.45) is 0 Å². The Kier molecular flexibility index (Phi) is 3.42. The van der Waals surface area contributed by atoms with Gasteiger partial charge in [-0.15, -0.1) is 0 Å². The predicted octanol–water partition coefficient (Wildman–Crippen LogP) is 1.12. The molecular weight excluding hydrogens is 252 g/mol. The van der Waals surface area contributed by atoms with Crippen molar-refractivity contribution in [1.29, 1.82) is 0 Å². The highest BCUT2D eigenvalue weighted by atomic mass is 16.6. The summed E-state index contributed by atoms with van der Waals surface area (Å²) >= 11 is 0. The lowest BCUT2D eigenvalue weighted by molar-refractivity contribution is -0.147. The van der Waals surface area contributed by atoms with Gasteiger partial charge in [-0.3, -0.25) is 0 Å². The first-order valence-electron chi connectivity index (χ1n) is 5.91. The third-order valence-corrected chi connectivity index (χ3v) is 2.91. The van der Waals surface area contributed by atoms with E-state index in [0.717, 1.165) is 0 Å². The highest BCUT2D eigenvalue weighted by Crippen LogP contribution is 2.20. The summed E-state index contributed by atoms with van der Waals surface area (Å²) in [5.74, 6) is -1.06. The van der Waals surface area contributed by atoms with Gasteiger partial charge in [-0.1, -0.05) is 0 Å². The molecule has 6 nitrogen and oxygen atoms in total. The van der Waals surface area contributed by atoms with Crippen molar-refractivity contribution in [3.8, 4) is 0 Å². The Hall–Kier alpha value is -2.11. The van der Waals surface area contributed by atoms with Crippen LogP contribution in [0.4, 0.5) is 0 Å². The minimum atomic E-state index is -0.895. The third kappa shape index (κ3) is 2.67. The topological polar surface area (TPSA) is 82.8 Å². The Morgan fingerprint density at radius 2 is 2.05 bits per heavy atom. The molecule has 0 bridgehead atoms. The number of aryl methyl sites for hydroxylation is 2. The fraction of sp³-hybridized carbons (Fsp3) is 0.462. The van der Waals surface area contributed by atoms with E-state index in [1.165, 1.54) is 13.0 Å². The standard InChI is InChI=1S/C13H14O6/c1-6-4-10(14)18-8(3)11(6)13(16)19-9-5-7(2)17-12(9)15/h4,7,9H,5H2,1-3H3/t7-,9-/m1/s1. The van der Waals surface area contributed by atoms with Gasteiger partial charge in [0.15, 0.2) is 0 Å². The van der Waals surface area contributed by atoms with Crippen molar-refractivity contribution in [3.63, 3.8) is 0 Å². The van der Waals surface area contributed by atoms with Gasteiger partial charge < -0.3 is 13.9 Å². The monoisotopic (exact) mass is 266 g/mol. The highest BCUT2D eigenvalue weighted by molar-refractivity contribution is 5.93. The second-order valence-electron chi connectivity index (χ2n) is 4.56. The van der Waals surface area contributed by atoms with Gasteiger partial charge in [-0.25, -0.2) is 14.4 Å². The maximum atomic E-state index is 12.0. The van der Waals surface area contributed by atoms with Gasteiger partial charge in [0.1, 0.15) is 17.4 Å². The summed E-state index contributed by atoms with van der Waals surface area (Å²) in [6.07, 6.45) is -0.825. The van der Waals surface area contributed by atoms with Gasteiger partial charge in [0.05, 0.1) is 0 Å². The largest absolute Gasteiger partial charge is 0.460 e. The Labute approximate surface area is 109 Å². The Morgan fingerprint density at radius 1 is 1.37 bits per heavy atom. The minimum absolute atomic E-state index is 0.173. The first-order chi connectivity index (χ1) is 8.88. The molecule has 1 aliphatic rings. The van der Waals surface area contributed by atoms with Crippen molar-refractivity contribution in [3.05, 3.63) is 33.4 Å². The molecule has 1 aromatic heterocycles. The van der Waals surface area contributed by atoms with Crippen LogP contribution >= 0.6 is 0 Å². The minimum Gasteiger partial charge on any atom is -0.460 e. The number of rotatable bonds is 2. The molecule has 1 saturated heterocycles. The zero-order chi connectivity index (χ0) is 14.2. The van der Waals surface area contributed by atoms with Crippen LogP contribution in [0.5, 0.6) is 0 Å². The number of carbonyl (C=O) groups is 2. The van der Waals surface area contributed by atoms with Gasteiger partial charge in [0.25, 0.3) is 0 Å². The Morgan fingerprint density at radius 3 is 2.58 bits per heavy atom. The summed E-state index contributed by atoms with van der Waals surface area (Å²) in [6.45, 7) is 4.83. The molecule has 102 valence electrons. The van der Waals surface area contributed by atoms with Crippen LogP contribution in [0.2, 0.25) is 0 Å². The second kappa shape index (κ2) is 4.87. The lowest BCUT2D eigenvalue weighted by atomic mass is 10.1. The van der Waals surface area contributed by atoms with Gasteiger partial charge >= 0.3 is 17.6 Å². The smallest absolute Gasteiger partial charge is 0.347 e. The maximum Gasteiger partial charge on any atom is 0.347 e. The highest BCUT2D eigenvalue weighted by Gasteiger charge is 2.35. The fourth-order valence-electron chi connectivity index (χ4n) is 2.07. The van der Waals surface area contributed by atoms with E-state index in [1.54, 1.807) is 13.8 Å². The zero-order valence-corrected chi connectivity index (χ0v) is 10.9. The van der Waals surface area contributed by atoms with Crippen LogP contribution in [0.15, 0.2) is 15.3 Å². The number of esters is 2. The van der Waals surface area contributed by atoms with E-state index in [0.29, 0.717) is 12.0 Å². The molecule has 2 heterocycles. The second-order valence-corrected chi connectivity index (χ2v) is 4.56. The lowest BCUT2D eigenvalue weighted by Crippen LogP contribution is -2.24. The van der Waals surface area contributed by atoms with E-state index in [9.17, 15) is 14.4 Å². The number of carbonyl (C=O) groups excluding carboxylic acids is 2. The molecule has 1 fully saturated rings. The molecule has 1 aromatic rings. The van der Waals surface area contributed by atoms with E-state index in [1.807, 2.05) is 0 Å². The molecular formula is C13H14O6. The zero-order valence-electron chi connectivity index (χ0n) is 10.9. The molecule has 0 N–H and O–H groups in total. The average molecular weight is 266 g/mol. The fourth-order valence-corrected chi connectivity index (χ4v) is 2.07. The van der Waals surface area contributed by atoms with Crippen LogP contribution in [-0.4, -0.2) is 24.1 Å². The molecule has 0 aromatic carbocycles. The molecule has 2 atom stereocenters. The summed E-state index contributed by atoms with van der Waals surface area (Å²) < 4.78 is 14.9. The molecule has 19 heavy (non-hydrogen) atoms. The molecule has 0 amide bonds. The SMILES string of the molecule is Cc1cc(=O)oc(C)c1C(=O)O[C@@H]1C[C@@H](C)OC1=O. The van der Waals surface area contributed by atoms with E-state index >= 15 is 0 Å². The van der Waals surface area contributed by atoms with Gasteiger partial charge in [-0.2, -0.15) is 0 Å². The molecule has 0 spiro atoms. The van der Waals surface area contributed by atoms with Crippen LogP contribution in [0, 0.1) is 13.8 Å². The Balaban J connectivity index is 2.22. The van der Waals surface area contributed by atoms with Crippen LogP contribution in [-0.2, 0) is 14.3 Å². The molecule has 2 rings (SSSR count). The van der Waals surface area contributed by atoms with Gasteiger partial charge in [0, 0.05) is 12.5 Å². The first-order valence-corrected chi connectivity index (χ1v) is 5.91. The van der Waals surface area contributed by atoms with Gasteiger partial charge in [0.2, 0.25) is 6.10 Å². The number of cyclic esters (lactones) is 1. The molecule has 6 heteroatoms. The van der Waals surface area contributed by atoms with Crippen molar-refractivity contribution in [2.75, 3.05) is 0 Å². The van der Waals surface area contributed by atoms with Crippen molar-refractivity contribution in [1.82, 2.24) is 0 Å².